The summed E-state index contributed by atoms with van der Waals surface area (Å²) in [6.07, 6.45) is 11.8. The normalized spacial score (nSPS) is 17.6. The number of likely N-dealkylation sites (tertiary alicyclic amines) is 2. The van der Waals surface area contributed by atoms with E-state index in [9.17, 15) is 0 Å². The summed E-state index contributed by atoms with van der Waals surface area (Å²) in [4.78, 5) is 5.08. The van der Waals surface area contributed by atoms with Crippen LogP contribution in [0.5, 0.6) is 5.75 Å². The fourth-order valence-electron chi connectivity index (χ4n) is 5.66. The van der Waals surface area contributed by atoms with Crippen molar-refractivity contribution in [3.63, 3.8) is 0 Å². The molecule has 0 aromatic heterocycles. The maximum Gasteiger partial charge on any atom is 0.128 e. The van der Waals surface area contributed by atoms with E-state index in [1.807, 2.05) is 7.05 Å². The number of hydrogen-bond donors (Lipinski definition) is 1. The van der Waals surface area contributed by atoms with Crippen LogP contribution in [0.2, 0.25) is 0 Å². The summed E-state index contributed by atoms with van der Waals surface area (Å²) in [6.45, 7) is 10.5. The molecule has 0 bridgehead atoms. The lowest BCUT2D eigenvalue weighted by molar-refractivity contribution is 0.289. The number of benzene rings is 2. The summed E-state index contributed by atoms with van der Waals surface area (Å²) in [7, 11) is 2.02. The molecule has 4 heteroatoms. The Hall–Kier alpha value is -2.72. The zero-order chi connectivity index (χ0) is 25.2. The molecule has 1 N–H and O–H groups in total. The molecule has 194 valence electrons. The van der Waals surface area contributed by atoms with Crippen LogP contribution in [-0.4, -0.2) is 49.6 Å². The van der Waals surface area contributed by atoms with E-state index in [0.717, 1.165) is 51.3 Å². The Kier molecular flexibility index (Phi) is 9.92. The lowest BCUT2D eigenvalue weighted by Crippen LogP contribution is -2.31. The zero-order valence-electron chi connectivity index (χ0n) is 22.6. The van der Waals surface area contributed by atoms with Gasteiger partial charge in [0.1, 0.15) is 12.4 Å². The minimum absolute atomic E-state index is 0.643. The zero-order valence-corrected chi connectivity index (χ0v) is 22.6. The number of nitrogens with zero attached hydrogens (tertiary/aromatic N) is 2. The molecule has 0 saturated carbocycles. The van der Waals surface area contributed by atoms with Crippen molar-refractivity contribution in [1.82, 2.24) is 15.1 Å². The fourth-order valence-corrected chi connectivity index (χ4v) is 5.66. The molecule has 2 fully saturated rings. The Morgan fingerprint density at radius 3 is 2.39 bits per heavy atom. The molecule has 0 atom stereocenters. The highest BCUT2D eigenvalue weighted by molar-refractivity contribution is 5.65. The highest BCUT2D eigenvalue weighted by Gasteiger charge is 2.23. The molecule has 0 amide bonds. The van der Waals surface area contributed by atoms with Crippen LogP contribution in [0.15, 0.2) is 66.4 Å². The molecular formula is C32H45N3O. The van der Waals surface area contributed by atoms with Gasteiger partial charge in [0.25, 0.3) is 0 Å². The Labute approximate surface area is 219 Å². The van der Waals surface area contributed by atoms with Gasteiger partial charge in [0.05, 0.1) is 0 Å². The monoisotopic (exact) mass is 487 g/mol. The minimum Gasteiger partial charge on any atom is -0.487 e. The van der Waals surface area contributed by atoms with Gasteiger partial charge in [0.2, 0.25) is 0 Å². The standard InChI is InChI=1S/C32H45N3O/c1-4-10-30(34-18-6-7-19-34)25-36-31-15-9-14-29(23-31)32(11-5-2)35-20-16-27(17-21-35)28-13-8-12-26(22-28)24-33-3/h8-15,22-23,27,33H,4-7,16-21,24-25H2,1-3H3/b30-10-,32-11+. The van der Waals surface area contributed by atoms with E-state index in [1.165, 1.54) is 53.8 Å². The number of rotatable bonds is 11. The second-order valence-corrected chi connectivity index (χ2v) is 10.1. The highest BCUT2D eigenvalue weighted by Crippen LogP contribution is 2.33. The van der Waals surface area contributed by atoms with E-state index in [-0.39, 0.29) is 0 Å². The Morgan fingerprint density at radius 2 is 1.67 bits per heavy atom. The number of ether oxygens (including phenoxy) is 1. The van der Waals surface area contributed by atoms with Crippen LogP contribution in [0.3, 0.4) is 0 Å². The quantitative estimate of drug-likeness (QED) is 0.377. The van der Waals surface area contributed by atoms with Crippen molar-refractivity contribution in [1.29, 1.82) is 0 Å². The van der Waals surface area contributed by atoms with Gasteiger partial charge in [-0.3, -0.25) is 0 Å². The largest absolute Gasteiger partial charge is 0.487 e. The van der Waals surface area contributed by atoms with Gasteiger partial charge < -0.3 is 19.9 Å². The van der Waals surface area contributed by atoms with Gasteiger partial charge in [-0.2, -0.15) is 0 Å². The van der Waals surface area contributed by atoms with Crippen molar-refractivity contribution < 1.29 is 4.74 Å². The highest BCUT2D eigenvalue weighted by atomic mass is 16.5. The summed E-state index contributed by atoms with van der Waals surface area (Å²) in [6, 6.07) is 17.9. The first-order chi connectivity index (χ1) is 17.7. The van der Waals surface area contributed by atoms with Crippen LogP contribution in [0.25, 0.3) is 5.70 Å². The average Bonchev–Trinajstić information content (AvgIpc) is 3.45. The van der Waals surface area contributed by atoms with Crippen molar-refractivity contribution in [3.05, 3.63) is 83.1 Å². The van der Waals surface area contributed by atoms with Gasteiger partial charge in [-0.25, -0.2) is 0 Å². The van der Waals surface area contributed by atoms with Gasteiger partial charge in [-0.1, -0.05) is 62.4 Å². The van der Waals surface area contributed by atoms with Gasteiger partial charge in [-0.15, -0.1) is 0 Å². The maximum absolute atomic E-state index is 6.33. The maximum atomic E-state index is 6.33. The Morgan fingerprint density at radius 1 is 0.917 bits per heavy atom. The van der Waals surface area contributed by atoms with Crippen LogP contribution < -0.4 is 10.1 Å². The Bertz CT molecular complexity index is 1010. The van der Waals surface area contributed by atoms with Gasteiger partial charge in [0.15, 0.2) is 0 Å². The van der Waals surface area contributed by atoms with E-state index >= 15 is 0 Å². The molecule has 2 saturated heterocycles. The topological polar surface area (TPSA) is 27.7 Å². The van der Waals surface area contributed by atoms with Crippen molar-refractivity contribution in [2.45, 2.75) is 64.8 Å². The molecule has 2 aromatic carbocycles. The summed E-state index contributed by atoms with van der Waals surface area (Å²) in [5.41, 5.74) is 6.83. The van der Waals surface area contributed by atoms with E-state index in [2.05, 4.69) is 89.6 Å². The molecule has 2 aliphatic heterocycles. The molecule has 2 aliphatic rings. The van der Waals surface area contributed by atoms with Crippen LogP contribution in [0, 0.1) is 0 Å². The number of allylic oxidation sites excluding steroid dienone is 2. The molecule has 0 unspecified atom stereocenters. The predicted molar refractivity (Wildman–Crippen MR) is 152 cm³/mol. The molecule has 0 spiro atoms. The summed E-state index contributed by atoms with van der Waals surface area (Å²) in [5.74, 6) is 1.61. The first kappa shape index (κ1) is 26.3. The van der Waals surface area contributed by atoms with Gasteiger partial charge >= 0.3 is 0 Å². The second-order valence-electron chi connectivity index (χ2n) is 10.1. The van der Waals surface area contributed by atoms with E-state index in [4.69, 9.17) is 4.74 Å². The molecule has 2 aromatic rings. The number of hydrogen-bond acceptors (Lipinski definition) is 4. The van der Waals surface area contributed by atoms with Crippen LogP contribution in [-0.2, 0) is 6.54 Å². The predicted octanol–water partition coefficient (Wildman–Crippen LogP) is 6.81. The minimum atomic E-state index is 0.643. The van der Waals surface area contributed by atoms with E-state index in [0.29, 0.717) is 12.5 Å². The van der Waals surface area contributed by atoms with Crippen LogP contribution in [0.1, 0.15) is 75.0 Å². The molecule has 2 heterocycles. The summed E-state index contributed by atoms with van der Waals surface area (Å²) in [5, 5.41) is 3.28. The molecule has 4 nitrogen and oxygen atoms in total. The molecule has 4 rings (SSSR count). The average molecular weight is 488 g/mol. The van der Waals surface area contributed by atoms with Gasteiger partial charge in [-0.05, 0) is 74.8 Å². The van der Waals surface area contributed by atoms with Crippen molar-refractivity contribution in [2.24, 2.45) is 0 Å². The smallest absolute Gasteiger partial charge is 0.128 e. The fraction of sp³-hybridized carbons (Fsp3) is 0.500. The third-order valence-corrected chi connectivity index (χ3v) is 7.50. The third kappa shape index (κ3) is 6.94. The SMILES string of the molecule is CC/C=C(/COc1cccc(/C(=C\CC)N2CCC(c3cccc(CNC)c3)CC2)c1)N1CCCC1. The second kappa shape index (κ2) is 13.5. The lowest BCUT2D eigenvalue weighted by Gasteiger charge is -2.36. The molecule has 0 aliphatic carbocycles. The molecular weight excluding hydrogens is 442 g/mol. The lowest BCUT2D eigenvalue weighted by atomic mass is 9.88. The first-order valence-electron chi connectivity index (χ1n) is 14.1. The summed E-state index contributed by atoms with van der Waals surface area (Å²) >= 11 is 0. The first-order valence-corrected chi connectivity index (χ1v) is 14.1. The van der Waals surface area contributed by atoms with Crippen molar-refractivity contribution in [3.8, 4) is 5.75 Å². The molecule has 0 radical (unpaired) electrons. The van der Waals surface area contributed by atoms with E-state index < -0.39 is 0 Å². The Balaban J connectivity index is 1.41. The van der Waals surface area contributed by atoms with Crippen molar-refractivity contribution >= 4 is 5.70 Å². The summed E-state index contributed by atoms with van der Waals surface area (Å²) < 4.78 is 6.33. The van der Waals surface area contributed by atoms with E-state index in [1.54, 1.807) is 0 Å². The third-order valence-electron chi connectivity index (χ3n) is 7.50. The van der Waals surface area contributed by atoms with Crippen LogP contribution in [0.4, 0.5) is 0 Å². The van der Waals surface area contributed by atoms with Crippen LogP contribution >= 0.6 is 0 Å². The van der Waals surface area contributed by atoms with Crippen molar-refractivity contribution in [2.75, 3.05) is 39.8 Å². The molecule has 36 heavy (non-hydrogen) atoms. The van der Waals surface area contributed by atoms with Gasteiger partial charge in [0, 0.05) is 49.7 Å². The number of piperidine rings is 1. The number of nitrogens with one attached hydrogen (secondary N) is 1.